The molecule has 0 aliphatic heterocycles. The number of aromatic nitrogens is 4. The molecule has 0 aromatic carbocycles. The summed E-state index contributed by atoms with van der Waals surface area (Å²) in [5.74, 6) is 1.59. The molecule has 0 bridgehead atoms. The molecular formula is C14H14BrClN4O. The number of imidazole rings is 1. The van der Waals surface area contributed by atoms with Crippen LogP contribution in [0.5, 0.6) is 0 Å². The van der Waals surface area contributed by atoms with Gasteiger partial charge in [-0.1, -0.05) is 5.16 Å². The molecule has 0 spiro atoms. The molecule has 21 heavy (non-hydrogen) atoms. The molecule has 5 nitrogen and oxygen atoms in total. The summed E-state index contributed by atoms with van der Waals surface area (Å²) in [5, 5.41) is 3.79. The predicted molar refractivity (Wildman–Crippen MR) is 84.6 cm³/mol. The first-order valence-corrected chi connectivity index (χ1v) is 7.78. The standard InChI is InChI=1S/C14H14BrClN4O/c1-7(16)13-18-12-4-10(15)5-17-14(12)20(13)6-11-8(2)19-21-9(11)3/h4-5,7H,6H2,1-3H3. The highest BCUT2D eigenvalue weighted by molar-refractivity contribution is 9.10. The van der Waals surface area contributed by atoms with Gasteiger partial charge in [0.2, 0.25) is 0 Å². The van der Waals surface area contributed by atoms with Crippen LogP contribution in [-0.2, 0) is 6.54 Å². The number of hydrogen-bond acceptors (Lipinski definition) is 4. The summed E-state index contributed by atoms with van der Waals surface area (Å²) >= 11 is 9.69. The lowest BCUT2D eigenvalue weighted by Gasteiger charge is -2.09. The average molecular weight is 370 g/mol. The van der Waals surface area contributed by atoms with Crippen molar-refractivity contribution >= 4 is 38.7 Å². The number of halogens is 2. The molecule has 0 fully saturated rings. The summed E-state index contributed by atoms with van der Waals surface area (Å²) < 4.78 is 8.14. The van der Waals surface area contributed by atoms with Gasteiger partial charge in [0.1, 0.15) is 17.1 Å². The van der Waals surface area contributed by atoms with Crippen molar-refractivity contribution in [1.82, 2.24) is 19.7 Å². The Labute approximate surface area is 135 Å². The Morgan fingerprint density at radius 1 is 1.43 bits per heavy atom. The summed E-state index contributed by atoms with van der Waals surface area (Å²) in [5.41, 5.74) is 3.54. The zero-order valence-electron chi connectivity index (χ0n) is 11.9. The van der Waals surface area contributed by atoms with Gasteiger partial charge in [-0.05, 0) is 42.8 Å². The number of nitrogens with zero attached hydrogens (tertiary/aromatic N) is 4. The summed E-state index contributed by atoms with van der Waals surface area (Å²) in [6, 6.07) is 1.94. The van der Waals surface area contributed by atoms with Crippen LogP contribution in [0.2, 0.25) is 0 Å². The van der Waals surface area contributed by atoms with E-state index >= 15 is 0 Å². The van der Waals surface area contributed by atoms with E-state index in [-0.39, 0.29) is 5.38 Å². The monoisotopic (exact) mass is 368 g/mol. The zero-order valence-corrected chi connectivity index (χ0v) is 14.2. The summed E-state index contributed by atoms with van der Waals surface area (Å²) in [6.07, 6.45) is 1.76. The van der Waals surface area contributed by atoms with Crippen molar-refractivity contribution in [2.45, 2.75) is 32.7 Å². The number of rotatable bonds is 3. The fraction of sp³-hybridized carbons (Fsp3) is 0.357. The molecule has 3 rings (SSSR count). The molecule has 3 heterocycles. The molecule has 7 heteroatoms. The Kier molecular flexibility index (Phi) is 3.75. The van der Waals surface area contributed by atoms with E-state index in [2.05, 4.69) is 31.1 Å². The number of fused-ring (bicyclic) bond motifs is 1. The summed E-state index contributed by atoms with van der Waals surface area (Å²) in [7, 11) is 0. The Balaban J connectivity index is 2.18. The molecule has 0 saturated carbocycles. The van der Waals surface area contributed by atoms with Crippen molar-refractivity contribution < 1.29 is 4.52 Å². The Bertz CT molecular complexity index is 789. The molecule has 1 atom stereocenters. The quantitative estimate of drug-likeness (QED) is 0.651. The van der Waals surface area contributed by atoms with Crippen molar-refractivity contribution in [3.05, 3.63) is 39.6 Å². The van der Waals surface area contributed by atoms with Gasteiger partial charge in [-0.15, -0.1) is 11.6 Å². The Hall–Kier alpha value is -1.40. The zero-order chi connectivity index (χ0) is 15.1. The first-order valence-electron chi connectivity index (χ1n) is 6.55. The third-order valence-electron chi connectivity index (χ3n) is 3.43. The number of hydrogen-bond donors (Lipinski definition) is 0. The maximum Gasteiger partial charge on any atom is 0.160 e. The van der Waals surface area contributed by atoms with E-state index in [1.54, 1.807) is 6.20 Å². The van der Waals surface area contributed by atoms with Gasteiger partial charge in [0, 0.05) is 16.2 Å². The van der Waals surface area contributed by atoms with Crippen LogP contribution in [0.25, 0.3) is 11.2 Å². The van der Waals surface area contributed by atoms with Gasteiger partial charge in [0.15, 0.2) is 5.65 Å². The van der Waals surface area contributed by atoms with Crippen LogP contribution < -0.4 is 0 Å². The Morgan fingerprint density at radius 2 is 2.19 bits per heavy atom. The van der Waals surface area contributed by atoms with Crippen LogP contribution in [0.4, 0.5) is 0 Å². The van der Waals surface area contributed by atoms with Crippen molar-refractivity contribution in [2.75, 3.05) is 0 Å². The largest absolute Gasteiger partial charge is 0.361 e. The van der Waals surface area contributed by atoms with E-state index < -0.39 is 0 Å². The maximum absolute atomic E-state index is 6.28. The third-order valence-corrected chi connectivity index (χ3v) is 4.06. The van der Waals surface area contributed by atoms with Crippen LogP contribution in [0.15, 0.2) is 21.3 Å². The number of aryl methyl sites for hydroxylation is 2. The molecule has 0 aliphatic rings. The van der Waals surface area contributed by atoms with Gasteiger partial charge in [-0.25, -0.2) is 9.97 Å². The van der Waals surface area contributed by atoms with Gasteiger partial charge in [-0.3, -0.25) is 0 Å². The number of alkyl halides is 1. The lowest BCUT2D eigenvalue weighted by Crippen LogP contribution is -2.07. The molecule has 1 unspecified atom stereocenters. The second kappa shape index (κ2) is 5.42. The Morgan fingerprint density at radius 3 is 2.81 bits per heavy atom. The van der Waals surface area contributed by atoms with E-state index in [1.807, 2.05) is 31.4 Å². The minimum atomic E-state index is -0.210. The smallest absolute Gasteiger partial charge is 0.160 e. The van der Waals surface area contributed by atoms with Crippen molar-refractivity contribution in [3.8, 4) is 0 Å². The van der Waals surface area contributed by atoms with Crippen LogP contribution in [0, 0.1) is 13.8 Å². The van der Waals surface area contributed by atoms with Crippen molar-refractivity contribution in [2.24, 2.45) is 0 Å². The first kappa shape index (κ1) is 14.5. The highest BCUT2D eigenvalue weighted by Crippen LogP contribution is 2.27. The summed E-state index contributed by atoms with van der Waals surface area (Å²) in [4.78, 5) is 9.07. The molecule has 0 N–H and O–H groups in total. The van der Waals surface area contributed by atoms with Crippen molar-refractivity contribution in [1.29, 1.82) is 0 Å². The molecular weight excluding hydrogens is 356 g/mol. The highest BCUT2D eigenvalue weighted by atomic mass is 79.9. The topological polar surface area (TPSA) is 56.7 Å². The van der Waals surface area contributed by atoms with Gasteiger partial charge in [-0.2, -0.15) is 0 Å². The second-order valence-electron chi connectivity index (χ2n) is 4.97. The third kappa shape index (κ3) is 2.58. The van der Waals surface area contributed by atoms with Gasteiger partial charge < -0.3 is 9.09 Å². The van der Waals surface area contributed by atoms with E-state index in [0.29, 0.717) is 6.54 Å². The minimum Gasteiger partial charge on any atom is -0.361 e. The van der Waals surface area contributed by atoms with E-state index in [9.17, 15) is 0 Å². The molecule has 0 amide bonds. The normalized spacial score (nSPS) is 13.0. The molecule has 3 aromatic heterocycles. The first-order chi connectivity index (χ1) is 9.97. The summed E-state index contributed by atoms with van der Waals surface area (Å²) in [6.45, 7) is 6.33. The molecule has 0 aliphatic carbocycles. The van der Waals surface area contributed by atoms with Crippen LogP contribution in [0.1, 0.15) is 35.1 Å². The van der Waals surface area contributed by atoms with Crippen molar-refractivity contribution in [3.63, 3.8) is 0 Å². The van der Waals surface area contributed by atoms with Gasteiger partial charge in [0.05, 0.1) is 17.6 Å². The van der Waals surface area contributed by atoms with Gasteiger partial charge >= 0.3 is 0 Å². The second-order valence-corrected chi connectivity index (χ2v) is 6.54. The predicted octanol–water partition coefficient (Wildman–Crippen LogP) is 4.15. The minimum absolute atomic E-state index is 0.210. The maximum atomic E-state index is 6.28. The molecule has 0 radical (unpaired) electrons. The fourth-order valence-corrected chi connectivity index (χ4v) is 2.83. The van der Waals surface area contributed by atoms with E-state index in [4.69, 9.17) is 16.1 Å². The molecule has 0 saturated heterocycles. The van der Waals surface area contributed by atoms with E-state index in [0.717, 1.165) is 38.5 Å². The van der Waals surface area contributed by atoms with Crippen LogP contribution >= 0.6 is 27.5 Å². The average Bonchev–Trinajstić information content (AvgIpc) is 2.94. The molecule has 110 valence electrons. The SMILES string of the molecule is Cc1noc(C)c1Cn1c(C(C)Cl)nc2cc(Br)cnc21. The van der Waals surface area contributed by atoms with Crippen LogP contribution in [0.3, 0.4) is 0 Å². The fourth-order valence-electron chi connectivity index (χ4n) is 2.35. The lowest BCUT2D eigenvalue weighted by atomic mass is 10.2. The molecule has 3 aromatic rings. The lowest BCUT2D eigenvalue weighted by molar-refractivity contribution is 0.392. The highest BCUT2D eigenvalue weighted by Gasteiger charge is 2.19. The van der Waals surface area contributed by atoms with Crippen LogP contribution in [-0.4, -0.2) is 19.7 Å². The number of pyridine rings is 1. The van der Waals surface area contributed by atoms with E-state index in [1.165, 1.54) is 0 Å². The van der Waals surface area contributed by atoms with Gasteiger partial charge in [0.25, 0.3) is 0 Å².